The molecule has 0 spiro atoms. The summed E-state index contributed by atoms with van der Waals surface area (Å²) in [5.74, 6) is 0.281. The van der Waals surface area contributed by atoms with Gasteiger partial charge in [-0.1, -0.05) is 6.07 Å². The van der Waals surface area contributed by atoms with Crippen LogP contribution in [-0.4, -0.2) is 29.3 Å². The van der Waals surface area contributed by atoms with Crippen LogP contribution in [0, 0.1) is 0 Å². The number of alkyl halides is 1. The predicted octanol–water partition coefficient (Wildman–Crippen LogP) is 4.65. The first-order valence-corrected chi connectivity index (χ1v) is 11.5. The molecule has 0 aliphatic carbocycles. The van der Waals surface area contributed by atoms with Gasteiger partial charge in [-0.3, -0.25) is 4.98 Å². The molecule has 2 heterocycles. The molecule has 0 bridgehead atoms. The van der Waals surface area contributed by atoms with E-state index in [4.69, 9.17) is 4.74 Å². The van der Waals surface area contributed by atoms with Crippen LogP contribution in [0.25, 0.3) is 16.6 Å². The molecule has 160 valence electrons. The SMILES string of the molecule is CC(C)Oc1ccc(S(=O)(=O)Cc2cc(CF)nn2-c2cccc3ncccc23)cc1. The fourth-order valence-corrected chi connectivity index (χ4v) is 4.71. The number of hydrogen-bond donors (Lipinski definition) is 0. The average Bonchev–Trinajstić information content (AvgIpc) is 3.15. The molecule has 2 aromatic carbocycles. The first-order chi connectivity index (χ1) is 14.9. The Kier molecular flexibility index (Phi) is 5.73. The van der Waals surface area contributed by atoms with Crippen LogP contribution in [0.4, 0.5) is 4.39 Å². The van der Waals surface area contributed by atoms with Crippen molar-refractivity contribution in [2.24, 2.45) is 0 Å². The van der Waals surface area contributed by atoms with Gasteiger partial charge in [0.15, 0.2) is 9.84 Å². The smallest absolute Gasteiger partial charge is 0.184 e. The number of ether oxygens (including phenoxy) is 1. The molecule has 8 heteroatoms. The van der Waals surface area contributed by atoms with Crippen molar-refractivity contribution in [2.75, 3.05) is 0 Å². The zero-order chi connectivity index (χ0) is 22.0. The molecule has 6 nitrogen and oxygen atoms in total. The number of benzene rings is 2. The lowest BCUT2D eigenvalue weighted by atomic mass is 10.2. The van der Waals surface area contributed by atoms with Crippen molar-refractivity contribution >= 4 is 20.7 Å². The van der Waals surface area contributed by atoms with E-state index >= 15 is 0 Å². The van der Waals surface area contributed by atoms with Gasteiger partial charge in [0.05, 0.1) is 39.3 Å². The normalized spacial score (nSPS) is 11.9. The van der Waals surface area contributed by atoms with Crippen LogP contribution in [-0.2, 0) is 22.3 Å². The molecule has 31 heavy (non-hydrogen) atoms. The van der Waals surface area contributed by atoms with Gasteiger partial charge in [-0.15, -0.1) is 0 Å². The Morgan fingerprint density at radius 3 is 2.55 bits per heavy atom. The number of fused-ring (bicyclic) bond motifs is 1. The second-order valence-electron chi connectivity index (χ2n) is 7.42. The van der Waals surface area contributed by atoms with Gasteiger partial charge >= 0.3 is 0 Å². The Morgan fingerprint density at radius 1 is 1.06 bits per heavy atom. The summed E-state index contributed by atoms with van der Waals surface area (Å²) in [4.78, 5) is 4.49. The van der Waals surface area contributed by atoms with Gasteiger partial charge in [0.25, 0.3) is 0 Å². The summed E-state index contributed by atoms with van der Waals surface area (Å²) in [7, 11) is -3.69. The minimum Gasteiger partial charge on any atom is -0.491 e. The molecule has 0 aliphatic heterocycles. The molecule has 0 saturated carbocycles. The number of aromatic nitrogens is 3. The third kappa shape index (κ3) is 4.44. The monoisotopic (exact) mass is 439 g/mol. The summed E-state index contributed by atoms with van der Waals surface area (Å²) in [6, 6.07) is 16.9. The van der Waals surface area contributed by atoms with E-state index in [-0.39, 0.29) is 22.4 Å². The topological polar surface area (TPSA) is 74.1 Å². The number of pyridine rings is 1. The maximum atomic E-state index is 13.4. The van der Waals surface area contributed by atoms with E-state index in [0.29, 0.717) is 17.1 Å². The van der Waals surface area contributed by atoms with Crippen molar-refractivity contribution in [1.82, 2.24) is 14.8 Å². The van der Waals surface area contributed by atoms with E-state index in [2.05, 4.69) is 10.1 Å². The zero-order valence-corrected chi connectivity index (χ0v) is 18.0. The predicted molar refractivity (Wildman–Crippen MR) is 117 cm³/mol. The molecular weight excluding hydrogens is 417 g/mol. The summed E-state index contributed by atoms with van der Waals surface area (Å²) in [5.41, 5.74) is 1.95. The Morgan fingerprint density at radius 2 is 1.84 bits per heavy atom. The highest BCUT2D eigenvalue weighted by Crippen LogP contribution is 2.26. The standard InChI is InChI=1S/C23H22FN3O3S/c1-16(2)30-19-8-10-20(11-9-19)31(28,29)15-18-13-17(14-24)26-27(18)23-7-3-6-22-21(23)5-4-12-25-22/h3-13,16H,14-15H2,1-2H3. The molecule has 0 amide bonds. The Balaban J connectivity index is 1.73. The average molecular weight is 440 g/mol. The fourth-order valence-electron chi connectivity index (χ4n) is 3.40. The van der Waals surface area contributed by atoms with E-state index in [9.17, 15) is 12.8 Å². The van der Waals surface area contributed by atoms with E-state index in [1.54, 1.807) is 24.4 Å². The van der Waals surface area contributed by atoms with Gasteiger partial charge in [-0.2, -0.15) is 5.10 Å². The number of halogens is 1. The lowest BCUT2D eigenvalue weighted by Crippen LogP contribution is -2.11. The lowest BCUT2D eigenvalue weighted by molar-refractivity contribution is 0.242. The van der Waals surface area contributed by atoms with E-state index in [1.165, 1.54) is 22.9 Å². The minimum absolute atomic E-state index is 0.00823. The highest BCUT2D eigenvalue weighted by Gasteiger charge is 2.21. The molecule has 4 rings (SSSR count). The van der Waals surface area contributed by atoms with Crippen molar-refractivity contribution in [3.05, 3.63) is 78.2 Å². The van der Waals surface area contributed by atoms with E-state index < -0.39 is 16.5 Å². The Labute approximate surface area is 180 Å². The minimum atomic E-state index is -3.69. The van der Waals surface area contributed by atoms with Crippen LogP contribution in [0.3, 0.4) is 0 Å². The van der Waals surface area contributed by atoms with Crippen molar-refractivity contribution in [1.29, 1.82) is 0 Å². The molecule has 2 aromatic heterocycles. The second kappa shape index (κ2) is 8.47. The Bertz CT molecular complexity index is 1310. The van der Waals surface area contributed by atoms with Gasteiger partial charge in [-0.05, 0) is 68.4 Å². The van der Waals surface area contributed by atoms with Crippen molar-refractivity contribution < 1.29 is 17.5 Å². The number of rotatable bonds is 7. The van der Waals surface area contributed by atoms with Crippen LogP contribution in [0.2, 0.25) is 0 Å². The molecule has 0 radical (unpaired) electrons. The first-order valence-electron chi connectivity index (χ1n) is 9.85. The number of sulfone groups is 1. The van der Waals surface area contributed by atoms with Crippen LogP contribution < -0.4 is 4.74 Å². The molecule has 0 saturated heterocycles. The summed E-state index contributed by atoms with van der Waals surface area (Å²) in [6.07, 6.45) is 1.67. The summed E-state index contributed by atoms with van der Waals surface area (Å²) < 4.78 is 46.7. The Hall–Kier alpha value is -3.26. The zero-order valence-electron chi connectivity index (χ0n) is 17.2. The van der Waals surface area contributed by atoms with Crippen molar-refractivity contribution in [3.63, 3.8) is 0 Å². The van der Waals surface area contributed by atoms with Crippen molar-refractivity contribution in [2.45, 2.75) is 37.3 Å². The maximum Gasteiger partial charge on any atom is 0.184 e. The first kappa shape index (κ1) is 21.0. The van der Waals surface area contributed by atoms with Crippen LogP contribution in [0.15, 0.2) is 71.8 Å². The van der Waals surface area contributed by atoms with Gasteiger partial charge in [0, 0.05) is 11.6 Å². The molecular formula is C23H22FN3O3S. The maximum absolute atomic E-state index is 13.4. The summed E-state index contributed by atoms with van der Waals surface area (Å²) >= 11 is 0. The largest absolute Gasteiger partial charge is 0.491 e. The van der Waals surface area contributed by atoms with Crippen LogP contribution in [0.1, 0.15) is 25.2 Å². The van der Waals surface area contributed by atoms with Gasteiger partial charge < -0.3 is 4.74 Å². The van der Waals surface area contributed by atoms with Crippen molar-refractivity contribution in [3.8, 4) is 11.4 Å². The number of hydrogen-bond acceptors (Lipinski definition) is 5. The molecule has 0 N–H and O–H groups in total. The van der Waals surface area contributed by atoms with E-state index in [1.807, 2.05) is 38.1 Å². The third-order valence-electron chi connectivity index (χ3n) is 4.71. The molecule has 0 unspecified atom stereocenters. The third-order valence-corrected chi connectivity index (χ3v) is 6.38. The van der Waals surface area contributed by atoms with Gasteiger partial charge in [0.2, 0.25) is 0 Å². The van der Waals surface area contributed by atoms with Crippen LogP contribution >= 0.6 is 0 Å². The highest BCUT2D eigenvalue weighted by molar-refractivity contribution is 7.90. The fraction of sp³-hybridized carbons (Fsp3) is 0.217. The molecule has 0 fully saturated rings. The lowest BCUT2D eigenvalue weighted by Gasteiger charge is -2.12. The quantitative estimate of drug-likeness (QED) is 0.419. The van der Waals surface area contributed by atoms with Crippen LogP contribution in [0.5, 0.6) is 5.75 Å². The summed E-state index contributed by atoms with van der Waals surface area (Å²) in [6.45, 7) is 3.01. The van der Waals surface area contributed by atoms with E-state index in [0.717, 1.165) is 10.9 Å². The molecule has 4 aromatic rings. The second-order valence-corrected chi connectivity index (χ2v) is 9.41. The van der Waals surface area contributed by atoms with Gasteiger partial charge in [0.1, 0.15) is 12.4 Å². The molecule has 0 aliphatic rings. The van der Waals surface area contributed by atoms with Gasteiger partial charge in [-0.25, -0.2) is 17.5 Å². The number of nitrogens with zero attached hydrogens (tertiary/aromatic N) is 3. The summed E-state index contributed by atoms with van der Waals surface area (Å²) in [5, 5.41) is 5.10. The highest BCUT2D eigenvalue weighted by atomic mass is 32.2. The molecule has 0 atom stereocenters.